The standard InChI is InChI=1S/C15H21N5O2/c1-5-6-10(2)15(21)16-12-7-8-14(22-4)13(9-12)20-11(3)17-18-19-20/h7-10H,5-6H2,1-4H3,(H,16,21). The van der Waals surface area contributed by atoms with Crippen LogP contribution in [0.5, 0.6) is 5.75 Å². The lowest BCUT2D eigenvalue weighted by Crippen LogP contribution is -2.20. The number of methoxy groups -OCH3 is 1. The fourth-order valence-corrected chi connectivity index (χ4v) is 2.22. The van der Waals surface area contributed by atoms with E-state index in [1.165, 1.54) is 0 Å². The molecule has 0 aliphatic carbocycles. The highest BCUT2D eigenvalue weighted by atomic mass is 16.5. The van der Waals surface area contributed by atoms with Gasteiger partial charge in [0.2, 0.25) is 5.91 Å². The summed E-state index contributed by atoms with van der Waals surface area (Å²) in [6.45, 7) is 5.79. The normalized spacial score (nSPS) is 12.0. The summed E-state index contributed by atoms with van der Waals surface area (Å²) >= 11 is 0. The van der Waals surface area contributed by atoms with Gasteiger partial charge < -0.3 is 10.1 Å². The van der Waals surface area contributed by atoms with E-state index >= 15 is 0 Å². The topological polar surface area (TPSA) is 81.9 Å². The molecule has 1 aromatic heterocycles. The highest BCUT2D eigenvalue weighted by Gasteiger charge is 2.15. The van der Waals surface area contributed by atoms with E-state index in [2.05, 4.69) is 27.8 Å². The molecular formula is C15H21N5O2. The number of tetrazole rings is 1. The quantitative estimate of drug-likeness (QED) is 0.886. The second-order valence-corrected chi connectivity index (χ2v) is 5.20. The Hall–Kier alpha value is -2.44. The van der Waals surface area contributed by atoms with Crippen molar-refractivity contribution in [1.29, 1.82) is 0 Å². The lowest BCUT2D eigenvalue weighted by Gasteiger charge is -2.14. The molecule has 0 aliphatic rings. The fraction of sp³-hybridized carbons (Fsp3) is 0.467. The Morgan fingerprint density at radius 2 is 2.23 bits per heavy atom. The zero-order chi connectivity index (χ0) is 16.1. The van der Waals surface area contributed by atoms with Gasteiger partial charge in [-0.05, 0) is 42.0 Å². The molecule has 0 saturated heterocycles. The van der Waals surface area contributed by atoms with Gasteiger partial charge in [0.25, 0.3) is 0 Å². The Balaban J connectivity index is 2.28. The Kier molecular flexibility index (Phi) is 5.08. The maximum absolute atomic E-state index is 12.1. The Morgan fingerprint density at radius 3 is 2.82 bits per heavy atom. The summed E-state index contributed by atoms with van der Waals surface area (Å²) < 4.78 is 6.91. The van der Waals surface area contributed by atoms with Gasteiger partial charge in [-0.2, -0.15) is 4.68 Å². The van der Waals surface area contributed by atoms with Gasteiger partial charge in [0.1, 0.15) is 11.4 Å². The van der Waals surface area contributed by atoms with Crippen molar-refractivity contribution in [2.45, 2.75) is 33.6 Å². The second kappa shape index (κ2) is 7.02. The molecule has 1 N–H and O–H groups in total. The van der Waals surface area contributed by atoms with Gasteiger partial charge in [-0.25, -0.2) is 0 Å². The Morgan fingerprint density at radius 1 is 1.45 bits per heavy atom. The summed E-state index contributed by atoms with van der Waals surface area (Å²) in [7, 11) is 1.58. The van der Waals surface area contributed by atoms with Gasteiger partial charge in [0.15, 0.2) is 5.82 Å². The molecule has 0 saturated carbocycles. The van der Waals surface area contributed by atoms with Crippen molar-refractivity contribution in [3.8, 4) is 11.4 Å². The number of aromatic nitrogens is 4. The molecule has 1 amide bonds. The molecule has 2 rings (SSSR count). The van der Waals surface area contributed by atoms with E-state index in [1.807, 2.05) is 6.92 Å². The van der Waals surface area contributed by atoms with Crippen LogP contribution in [0.25, 0.3) is 5.69 Å². The molecule has 1 atom stereocenters. The van der Waals surface area contributed by atoms with Gasteiger partial charge in [0, 0.05) is 11.6 Å². The molecule has 118 valence electrons. The molecule has 0 bridgehead atoms. The zero-order valence-corrected chi connectivity index (χ0v) is 13.3. The first-order chi connectivity index (χ1) is 10.6. The monoisotopic (exact) mass is 303 g/mol. The molecule has 7 nitrogen and oxygen atoms in total. The van der Waals surface area contributed by atoms with E-state index < -0.39 is 0 Å². The molecule has 0 aliphatic heterocycles. The van der Waals surface area contributed by atoms with Crippen LogP contribution in [0, 0.1) is 12.8 Å². The first-order valence-electron chi connectivity index (χ1n) is 7.31. The predicted octanol–water partition coefficient (Wildman–Crippen LogP) is 2.35. The van der Waals surface area contributed by atoms with Crippen LogP contribution in [0.1, 0.15) is 32.5 Å². The van der Waals surface area contributed by atoms with Crippen LogP contribution in [-0.2, 0) is 4.79 Å². The minimum atomic E-state index is -0.0228. The third-order valence-electron chi connectivity index (χ3n) is 3.47. The summed E-state index contributed by atoms with van der Waals surface area (Å²) in [6.07, 6.45) is 1.84. The molecule has 0 radical (unpaired) electrons. The smallest absolute Gasteiger partial charge is 0.227 e. The summed E-state index contributed by atoms with van der Waals surface area (Å²) in [4.78, 5) is 12.1. The number of carbonyl (C=O) groups excluding carboxylic acids is 1. The van der Waals surface area contributed by atoms with E-state index in [1.54, 1.807) is 36.9 Å². The van der Waals surface area contributed by atoms with E-state index in [0.29, 0.717) is 22.9 Å². The predicted molar refractivity (Wildman–Crippen MR) is 83.1 cm³/mol. The molecule has 22 heavy (non-hydrogen) atoms. The van der Waals surface area contributed by atoms with E-state index in [0.717, 1.165) is 12.8 Å². The molecule has 1 heterocycles. The van der Waals surface area contributed by atoms with Crippen LogP contribution in [0.15, 0.2) is 18.2 Å². The summed E-state index contributed by atoms with van der Waals surface area (Å²) in [5, 5.41) is 14.4. The highest BCUT2D eigenvalue weighted by Crippen LogP contribution is 2.26. The van der Waals surface area contributed by atoms with Crippen molar-refractivity contribution >= 4 is 11.6 Å². The SMILES string of the molecule is CCCC(C)C(=O)Nc1ccc(OC)c(-n2nnnc2C)c1. The van der Waals surface area contributed by atoms with Crippen LogP contribution >= 0.6 is 0 Å². The average Bonchev–Trinajstić information content (AvgIpc) is 2.93. The van der Waals surface area contributed by atoms with Gasteiger partial charge in [-0.3, -0.25) is 4.79 Å². The summed E-state index contributed by atoms with van der Waals surface area (Å²) in [5.41, 5.74) is 1.38. The number of anilines is 1. The number of rotatable bonds is 6. The molecule has 2 aromatic rings. The van der Waals surface area contributed by atoms with Gasteiger partial charge >= 0.3 is 0 Å². The van der Waals surface area contributed by atoms with Crippen molar-refractivity contribution in [1.82, 2.24) is 20.2 Å². The maximum Gasteiger partial charge on any atom is 0.227 e. The molecule has 7 heteroatoms. The Labute approximate surface area is 129 Å². The van der Waals surface area contributed by atoms with E-state index in [-0.39, 0.29) is 11.8 Å². The molecule has 0 fully saturated rings. The van der Waals surface area contributed by atoms with Gasteiger partial charge in [-0.1, -0.05) is 20.3 Å². The van der Waals surface area contributed by atoms with Crippen LogP contribution in [0.3, 0.4) is 0 Å². The van der Waals surface area contributed by atoms with Crippen LogP contribution in [0.4, 0.5) is 5.69 Å². The highest BCUT2D eigenvalue weighted by molar-refractivity contribution is 5.92. The number of benzene rings is 1. The zero-order valence-electron chi connectivity index (χ0n) is 13.3. The average molecular weight is 303 g/mol. The molecule has 0 spiro atoms. The number of ether oxygens (including phenoxy) is 1. The first-order valence-corrected chi connectivity index (χ1v) is 7.31. The van der Waals surface area contributed by atoms with Crippen molar-refractivity contribution in [2.75, 3.05) is 12.4 Å². The fourth-order valence-electron chi connectivity index (χ4n) is 2.22. The second-order valence-electron chi connectivity index (χ2n) is 5.20. The molecular weight excluding hydrogens is 282 g/mol. The summed E-state index contributed by atoms with van der Waals surface area (Å²) in [6, 6.07) is 5.40. The number of amides is 1. The van der Waals surface area contributed by atoms with E-state index in [9.17, 15) is 4.79 Å². The van der Waals surface area contributed by atoms with Crippen LogP contribution < -0.4 is 10.1 Å². The maximum atomic E-state index is 12.1. The number of nitrogens with zero attached hydrogens (tertiary/aromatic N) is 4. The van der Waals surface area contributed by atoms with Crippen molar-refractivity contribution in [3.05, 3.63) is 24.0 Å². The number of hydrogen-bond donors (Lipinski definition) is 1. The Bertz CT molecular complexity index is 653. The van der Waals surface area contributed by atoms with Crippen LogP contribution in [-0.4, -0.2) is 33.2 Å². The number of aryl methyl sites for hydroxylation is 1. The van der Waals surface area contributed by atoms with Crippen molar-refractivity contribution < 1.29 is 9.53 Å². The lowest BCUT2D eigenvalue weighted by molar-refractivity contribution is -0.119. The minimum absolute atomic E-state index is 0.00593. The van der Waals surface area contributed by atoms with E-state index in [4.69, 9.17) is 4.74 Å². The molecule has 1 aromatic carbocycles. The molecule has 1 unspecified atom stereocenters. The third kappa shape index (κ3) is 3.41. The largest absolute Gasteiger partial charge is 0.494 e. The lowest BCUT2D eigenvalue weighted by atomic mass is 10.1. The number of carbonyl (C=O) groups is 1. The first kappa shape index (κ1) is 15.9. The minimum Gasteiger partial charge on any atom is -0.494 e. The van der Waals surface area contributed by atoms with Gasteiger partial charge in [0.05, 0.1) is 7.11 Å². The van der Waals surface area contributed by atoms with Crippen molar-refractivity contribution in [3.63, 3.8) is 0 Å². The third-order valence-corrected chi connectivity index (χ3v) is 3.47. The van der Waals surface area contributed by atoms with Crippen molar-refractivity contribution in [2.24, 2.45) is 5.92 Å². The number of hydrogen-bond acceptors (Lipinski definition) is 5. The number of nitrogens with one attached hydrogen (secondary N) is 1. The van der Waals surface area contributed by atoms with Gasteiger partial charge in [-0.15, -0.1) is 5.10 Å². The summed E-state index contributed by atoms with van der Waals surface area (Å²) in [5.74, 6) is 1.26. The van der Waals surface area contributed by atoms with Crippen LogP contribution in [0.2, 0.25) is 0 Å².